The molecule has 0 bridgehead atoms. The smallest absolute Gasteiger partial charge is 0.296 e. The number of benzene rings is 3. The van der Waals surface area contributed by atoms with E-state index in [9.17, 15) is 49.0 Å². The van der Waals surface area contributed by atoms with Gasteiger partial charge in [0.15, 0.2) is 17.3 Å². The van der Waals surface area contributed by atoms with Crippen molar-refractivity contribution in [3.63, 3.8) is 0 Å². The van der Waals surface area contributed by atoms with Gasteiger partial charge in [-0.1, -0.05) is 32.9 Å². The lowest BCUT2D eigenvalue weighted by Gasteiger charge is -2.16. The summed E-state index contributed by atoms with van der Waals surface area (Å²) in [7, 11) is -14.5. The lowest BCUT2D eigenvalue weighted by atomic mass is 9.91. The minimum atomic E-state index is -4.99. The van der Waals surface area contributed by atoms with Gasteiger partial charge in [-0.05, 0) is 67.9 Å². The zero-order chi connectivity index (χ0) is 43.1. The average molecular weight is 867 g/mol. The summed E-state index contributed by atoms with van der Waals surface area (Å²) in [5.74, 6) is -0.180. The maximum absolute atomic E-state index is 12.7. The summed E-state index contributed by atoms with van der Waals surface area (Å²) in [6.45, 7) is 7.31. The van der Waals surface area contributed by atoms with Gasteiger partial charge in [-0.15, -0.1) is 15.3 Å². The Balaban J connectivity index is 1.21. The normalized spacial score (nSPS) is 12.6. The van der Waals surface area contributed by atoms with Crippen molar-refractivity contribution >= 4 is 59.1 Å². The minimum absolute atomic E-state index is 0.0601. The highest BCUT2D eigenvalue weighted by Crippen LogP contribution is 2.37. The number of anilines is 1. The van der Waals surface area contributed by atoms with Crippen molar-refractivity contribution in [2.24, 2.45) is 10.2 Å². The molecule has 0 unspecified atom stereocenters. The van der Waals surface area contributed by atoms with Crippen molar-refractivity contribution in [1.29, 1.82) is 5.26 Å². The Bertz CT molecular complexity index is 3030. The standard InChI is InChI=1S/C35H34N10O11S3/c1-20-25(19-36)32(44(41-20)26-18-23(57(47,48)49)15-16-28(26)59(53,54)55)40-39-30-31(35(2,3)4)43-45-33(30)38-29(42-45)10-7-17-56-22-13-11-21(12-14-22)37-34(46)24-8-5-6-9-27(24)58(50,51)52/h5-6,8-9,11-16,18,43H,7,10,17H2,1-4H3,(H,37,46)(H,47,48,49)(H,50,51,52)(H,53,54,55). The summed E-state index contributed by atoms with van der Waals surface area (Å²) >= 11 is 0. The average Bonchev–Trinajstić information content (AvgIpc) is 3.82. The number of hydrogen-bond acceptors (Lipinski definition) is 14. The highest BCUT2D eigenvalue weighted by Gasteiger charge is 2.28. The second-order valence-corrected chi connectivity index (χ2v) is 18.0. The van der Waals surface area contributed by atoms with Crippen LogP contribution in [-0.4, -0.2) is 81.0 Å². The van der Waals surface area contributed by atoms with E-state index in [4.69, 9.17) is 4.74 Å². The van der Waals surface area contributed by atoms with Crippen LogP contribution in [0, 0.1) is 18.3 Å². The maximum atomic E-state index is 12.7. The molecule has 21 nitrogen and oxygen atoms in total. The molecular weight excluding hydrogens is 833 g/mol. The second kappa shape index (κ2) is 15.8. The van der Waals surface area contributed by atoms with E-state index >= 15 is 0 Å². The number of rotatable bonds is 13. The molecule has 3 aromatic carbocycles. The minimum Gasteiger partial charge on any atom is -0.494 e. The van der Waals surface area contributed by atoms with Crippen LogP contribution in [0.2, 0.25) is 0 Å². The summed E-state index contributed by atoms with van der Waals surface area (Å²) in [6, 6.07) is 15.8. The fourth-order valence-corrected chi connectivity index (χ4v) is 7.60. The maximum Gasteiger partial charge on any atom is 0.296 e. The van der Waals surface area contributed by atoms with Crippen molar-refractivity contribution in [2.45, 2.75) is 60.6 Å². The Morgan fingerprint density at radius 1 is 0.915 bits per heavy atom. The van der Waals surface area contributed by atoms with Crippen LogP contribution in [0.4, 0.5) is 17.2 Å². The van der Waals surface area contributed by atoms with E-state index in [1.54, 1.807) is 24.3 Å². The van der Waals surface area contributed by atoms with E-state index < -0.39 is 62.1 Å². The summed E-state index contributed by atoms with van der Waals surface area (Å²) < 4.78 is 109. The Kier molecular flexibility index (Phi) is 11.3. The van der Waals surface area contributed by atoms with Gasteiger partial charge in [0.2, 0.25) is 5.65 Å². The van der Waals surface area contributed by atoms with Crippen molar-refractivity contribution in [1.82, 2.24) is 29.6 Å². The van der Waals surface area contributed by atoms with E-state index in [1.165, 1.54) is 29.8 Å². The number of nitriles is 1. The molecule has 1 amide bonds. The number of carbonyl (C=O) groups is 1. The first kappa shape index (κ1) is 42.3. The molecule has 0 saturated carbocycles. The van der Waals surface area contributed by atoms with Gasteiger partial charge in [-0.25, -0.2) is 9.67 Å². The first-order valence-corrected chi connectivity index (χ1v) is 21.5. The number of aryl methyl sites for hydroxylation is 2. The van der Waals surface area contributed by atoms with Gasteiger partial charge in [0.25, 0.3) is 36.3 Å². The molecule has 0 aliphatic heterocycles. The fourth-order valence-electron chi connectivity index (χ4n) is 5.76. The highest BCUT2D eigenvalue weighted by atomic mass is 32.2. The number of fused-ring (bicyclic) bond motifs is 1. The van der Waals surface area contributed by atoms with Crippen LogP contribution in [0.15, 0.2) is 91.6 Å². The van der Waals surface area contributed by atoms with Crippen LogP contribution in [0.25, 0.3) is 11.3 Å². The van der Waals surface area contributed by atoms with E-state index in [0.717, 1.165) is 28.9 Å². The quantitative estimate of drug-likeness (QED) is 0.0570. The monoisotopic (exact) mass is 866 g/mol. The molecule has 0 radical (unpaired) electrons. The first-order chi connectivity index (χ1) is 27.6. The zero-order valence-electron chi connectivity index (χ0n) is 31.4. The van der Waals surface area contributed by atoms with E-state index in [-0.39, 0.29) is 40.6 Å². The highest BCUT2D eigenvalue weighted by molar-refractivity contribution is 7.86. The number of nitrogens with zero attached hydrogens (tertiary/aromatic N) is 8. The molecule has 24 heteroatoms. The predicted molar refractivity (Wildman–Crippen MR) is 207 cm³/mol. The topological polar surface area (TPSA) is 314 Å². The van der Waals surface area contributed by atoms with Gasteiger partial charge in [-0.3, -0.25) is 23.6 Å². The van der Waals surface area contributed by atoms with Gasteiger partial charge < -0.3 is 10.1 Å². The van der Waals surface area contributed by atoms with Gasteiger partial charge in [-0.2, -0.15) is 40.2 Å². The van der Waals surface area contributed by atoms with Gasteiger partial charge in [0.05, 0.1) is 34.1 Å². The molecule has 308 valence electrons. The molecule has 0 fully saturated rings. The lowest BCUT2D eigenvalue weighted by molar-refractivity contribution is 0.102. The molecule has 6 aromatic rings. The van der Waals surface area contributed by atoms with E-state index in [2.05, 4.69) is 35.8 Å². The van der Waals surface area contributed by atoms with Crippen LogP contribution < -0.4 is 10.1 Å². The molecule has 3 heterocycles. The molecule has 0 spiro atoms. The van der Waals surface area contributed by atoms with Gasteiger partial charge >= 0.3 is 0 Å². The van der Waals surface area contributed by atoms with Crippen molar-refractivity contribution in [2.75, 3.05) is 11.9 Å². The van der Waals surface area contributed by atoms with Crippen LogP contribution in [0.3, 0.4) is 0 Å². The number of aromatic nitrogens is 6. The number of aromatic amines is 1. The van der Waals surface area contributed by atoms with Crippen molar-refractivity contribution in [3.8, 4) is 17.5 Å². The molecular formula is C35H34N10O11S3. The molecule has 6 rings (SSSR count). The number of nitrogens with one attached hydrogen (secondary N) is 2. The molecule has 3 aromatic heterocycles. The number of ether oxygens (including phenoxy) is 1. The fraction of sp³-hybridized carbons (Fsp3) is 0.229. The SMILES string of the molecule is Cc1nn(-c2cc(S(=O)(=O)O)ccc2S(=O)(=O)O)c(N=Nc2c(C(C)(C)C)[nH]n3nc(CCCOc4ccc(NC(=O)c5ccccc5S(=O)(=O)O)cc4)nc23)c1C#N. The molecule has 59 heavy (non-hydrogen) atoms. The van der Waals surface area contributed by atoms with Crippen LogP contribution >= 0.6 is 0 Å². The Hall–Kier alpha value is -6.36. The Morgan fingerprint density at radius 2 is 1.59 bits per heavy atom. The molecule has 0 atom stereocenters. The molecule has 5 N–H and O–H groups in total. The third kappa shape index (κ3) is 9.19. The van der Waals surface area contributed by atoms with Crippen molar-refractivity contribution in [3.05, 3.63) is 95.1 Å². The summed E-state index contributed by atoms with van der Waals surface area (Å²) in [6.07, 6.45) is 0.815. The van der Waals surface area contributed by atoms with Gasteiger partial charge in [0, 0.05) is 17.5 Å². The second-order valence-electron chi connectivity index (χ2n) is 13.8. The zero-order valence-corrected chi connectivity index (χ0v) is 33.8. The Labute approximate surface area is 336 Å². The summed E-state index contributed by atoms with van der Waals surface area (Å²) in [4.78, 5) is 15.3. The Morgan fingerprint density at radius 3 is 2.22 bits per heavy atom. The third-order valence-corrected chi connectivity index (χ3v) is 11.2. The lowest BCUT2D eigenvalue weighted by Crippen LogP contribution is -2.16. The predicted octanol–water partition coefficient (Wildman–Crippen LogP) is 5.14. The number of azo groups is 1. The summed E-state index contributed by atoms with van der Waals surface area (Å²) in [5.41, 5.74) is -0.0952. The summed E-state index contributed by atoms with van der Waals surface area (Å²) in [5, 5.41) is 33.1. The number of amides is 1. The molecule has 0 saturated heterocycles. The van der Waals surface area contributed by atoms with E-state index in [0.29, 0.717) is 35.8 Å². The van der Waals surface area contributed by atoms with Gasteiger partial charge in [0.1, 0.15) is 27.2 Å². The van der Waals surface area contributed by atoms with Crippen LogP contribution in [0.5, 0.6) is 5.75 Å². The first-order valence-electron chi connectivity index (χ1n) is 17.2. The number of H-pyrrole nitrogens is 1. The van der Waals surface area contributed by atoms with Crippen LogP contribution in [0.1, 0.15) is 60.3 Å². The van der Waals surface area contributed by atoms with E-state index in [1.807, 2.05) is 26.8 Å². The van der Waals surface area contributed by atoms with Crippen LogP contribution in [-0.2, 0) is 42.2 Å². The number of carbonyl (C=O) groups excluding carboxylic acids is 1. The molecule has 0 aliphatic rings. The van der Waals surface area contributed by atoms with Crippen molar-refractivity contribution < 1.29 is 48.4 Å². The third-order valence-electron chi connectivity index (χ3n) is 8.53. The largest absolute Gasteiger partial charge is 0.494 e. The molecule has 0 aliphatic carbocycles. The number of hydrogen-bond donors (Lipinski definition) is 5.